The molecule has 0 heterocycles. The molecule has 0 spiro atoms. The molecular weight excluding hydrogens is 309 g/mol. The van der Waals surface area contributed by atoms with Gasteiger partial charge in [-0.3, -0.25) is 0 Å². The average molecular weight is 326 g/mol. The largest absolute Gasteiger partial charge is 0.495 e. The van der Waals surface area contributed by atoms with Gasteiger partial charge in [0.25, 0.3) is 0 Å². The van der Waals surface area contributed by atoms with Gasteiger partial charge in [-0.25, -0.2) is 0 Å². The first-order valence-electron chi connectivity index (χ1n) is 6.49. The first-order chi connectivity index (χ1) is 10.1. The summed E-state index contributed by atoms with van der Waals surface area (Å²) >= 11 is 12.4. The molecule has 21 heavy (non-hydrogen) atoms. The Balaban J connectivity index is 2.31. The van der Waals surface area contributed by atoms with Crippen molar-refractivity contribution in [1.29, 1.82) is 0 Å². The minimum Gasteiger partial charge on any atom is -0.495 e. The second kappa shape index (κ2) is 6.92. The molecule has 0 aliphatic carbocycles. The Kier molecular flexibility index (Phi) is 5.21. The molecule has 1 atom stereocenters. The summed E-state index contributed by atoms with van der Waals surface area (Å²) in [5.74, 6) is 1.24. The van der Waals surface area contributed by atoms with E-state index in [0.717, 1.165) is 16.3 Å². The zero-order valence-corrected chi connectivity index (χ0v) is 13.6. The van der Waals surface area contributed by atoms with E-state index in [1.165, 1.54) is 0 Å². The van der Waals surface area contributed by atoms with Crippen molar-refractivity contribution in [2.24, 2.45) is 0 Å². The number of ether oxygens (including phenoxy) is 2. The normalized spacial score (nSPS) is 11.9. The fourth-order valence-corrected chi connectivity index (χ4v) is 2.65. The van der Waals surface area contributed by atoms with Crippen LogP contribution >= 0.6 is 23.2 Å². The molecule has 2 rings (SSSR count). The zero-order valence-electron chi connectivity index (χ0n) is 12.1. The smallest absolute Gasteiger partial charge is 0.145 e. The van der Waals surface area contributed by atoms with Crippen LogP contribution in [0.1, 0.15) is 18.5 Å². The summed E-state index contributed by atoms with van der Waals surface area (Å²) in [6.07, 6.45) is 0. The molecule has 3 nitrogen and oxygen atoms in total. The van der Waals surface area contributed by atoms with Gasteiger partial charge in [0, 0.05) is 11.1 Å². The molecule has 1 N–H and O–H groups in total. The maximum Gasteiger partial charge on any atom is 0.145 e. The predicted molar refractivity (Wildman–Crippen MR) is 88.0 cm³/mol. The van der Waals surface area contributed by atoms with Crippen LogP contribution in [-0.4, -0.2) is 14.2 Å². The molecule has 112 valence electrons. The van der Waals surface area contributed by atoms with Crippen molar-refractivity contribution in [2.75, 3.05) is 19.5 Å². The molecule has 2 aromatic rings. The van der Waals surface area contributed by atoms with E-state index in [0.29, 0.717) is 16.5 Å². The highest BCUT2D eigenvalue weighted by Crippen LogP contribution is 2.38. The topological polar surface area (TPSA) is 30.5 Å². The van der Waals surface area contributed by atoms with Crippen LogP contribution in [0.25, 0.3) is 0 Å². The number of rotatable bonds is 5. The Labute approximate surface area is 134 Å². The summed E-state index contributed by atoms with van der Waals surface area (Å²) in [6, 6.07) is 11.3. The molecule has 0 radical (unpaired) electrons. The van der Waals surface area contributed by atoms with E-state index in [1.54, 1.807) is 26.4 Å². The minimum absolute atomic E-state index is 0.0112. The molecule has 0 saturated heterocycles. The molecule has 0 aromatic heterocycles. The number of hydrogen-bond acceptors (Lipinski definition) is 3. The lowest BCUT2D eigenvalue weighted by molar-refractivity contribution is 0.395. The van der Waals surface area contributed by atoms with Gasteiger partial charge in [0.05, 0.1) is 31.0 Å². The molecule has 0 bridgehead atoms. The van der Waals surface area contributed by atoms with Gasteiger partial charge in [-0.1, -0.05) is 41.4 Å². The van der Waals surface area contributed by atoms with E-state index >= 15 is 0 Å². The van der Waals surface area contributed by atoms with E-state index < -0.39 is 0 Å². The Morgan fingerprint density at radius 1 is 0.952 bits per heavy atom. The standard InChI is InChI=1S/C16H17Cl2NO2/c1-10(11-6-4-5-7-12(11)17)19-14-8-13(18)15(20-2)9-16(14)21-3/h4-10,19H,1-3H3. The molecule has 0 fully saturated rings. The lowest BCUT2D eigenvalue weighted by Gasteiger charge is -2.20. The third-order valence-corrected chi connectivity index (χ3v) is 3.86. The van der Waals surface area contributed by atoms with Gasteiger partial charge in [0.2, 0.25) is 0 Å². The lowest BCUT2D eigenvalue weighted by Crippen LogP contribution is -2.08. The monoisotopic (exact) mass is 325 g/mol. The average Bonchev–Trinajstić information content (AvgIpc) is 2.48. The van der Waals surface area contributed by atoms with Gasteiger partial charge in [-0.2, -0.15) is 0 Å². The Hall–Kier alpha value is -1.58. The third kappa shape index (κ3) is 3.55. The van der Waals surface area contributed by atoms with Gasteiger partial charge in [0.1, 0.15) is 11.5 Å². The van der Waals surface area contributed by atoms with Crippen molar-refractivity contribution in [3.8, 4) is 11.5 Å². The van der Waals surface area contributed by atoms with Crippen LogP contribution in [0.4, 0.5) is 5.69 Å². The number of nitrogens with one attached hydrogen (secondary N) is 1. The second-order valence-corrected chi connectivity index (χ2v) is 5.39. The summed E-state index contributed by atoms with van der Waals surface area (Å²) in [5, 5.41) is 4.60. The van der Waals surface area contributed by atoms with Crippen molar-refractivity contribution >= 4 is 28.9 Å². The molecular formula is C16H17Cl2NO2. The van der Waals surface area contributed by atoms with Crippen molar-refractivity contribution in [3.63, 3.8) is 0 Å². The molecule has 0 aliphatic heterocycles. The first kappa shape index (κ1) is 15.8. The number of benzene rings is 2. The van der Waals surface area contributed by atoms with Crippen LogP contribution in [0.5, 0.6) is 11.5 Å². The molecule has 0 saturated carbocycles. The SMILES string of the molecule is COc1cc(OC)c(NC(C)c2ccccc2Cl)cc1Cl. The van der Waals surface area contributed by atoms with Gasteiger partial charge in [-0.15, -0.1) is 0 Å². The Morgan fingerprint density at radius 3 is 2.24 bits per heavy atom. The highest BCUT2D eigenvalue weighted by molar-refractivity contribution is 6.32. The van der Waals surface area contributed by atoms with Crippen molar-refractivity contribution < 1.29 is 9.47 Å². The van der Waals surface area contributed by atoms with Crippen molar-refractivity contribution in [3.05, 3.63) is 52.0 Å². The molecule has 0 amide bonds. The fourth-order valence-electron chi connectivity index (χ4n) is 2.11. The number of anilines is 1. The van der Waals surface area contributed by atoms with E-state index in [-0.39, 0.29) is 6.04 Å². The molecule has 1 unspecified atom stereocenters. The van der Waals surface area contributed by atoms with Crippen LogP contribution in [0.15, 0.2) is 36.4 Å². The summed E-state index contributed by atoms with van der Waals surface area (Å²) in [5.41, 5.74) is 1.80. The molecule has 2 aromatic carbocycles. The van der Waals surface area contributed by atoms with Crippen LogP contribution < -0.4 is 14.8 Å². The minimum atomic E-state index is 0.0112. The van der Waals surface area contributed by atoms with Gasteiger partial charge >= 0.3 is 0 Å². The van der Waals surface area contributed by atoms with E-state index in [2.05, 4.69) is 5.32 Å². The van der Waals surface area contributed by atoms with E-state index in [9.17, 15) is 0 Å². The molecule has 5 heteroatoms. The highest BCUT2D eigenvalue weighted by Gasteiger charge is 2.14. The number of methoxy groups -OCH3 is 2. The lowest BCUT2D eigenvalue weighted by atomic mass is 10.1. The van der Waals surface area contributed by atoms with Crippen LogP contribution in [0.2, 0.25) is 10.0 Å². The number of halogens is 2. The molecule has 0 aliphatic rings. The van der Waals surface area contributed by atoms with Crippen molar-refractivity contribution in [1.82, 2.24) is 0 Å². The van der Waals surface area contributed by atoms with Gasteiger partial charge in [0.15, 0.2) is 0 Å². The van der Waals surface area contributed by atoms with E-state index in [1.807, 2.05) is 31.2 Å². The second-order valence-electron chi connectivity index (χ2n) is 4.57. The summed E-state index contributed by atoms with van der Waals surface area (Å²) < 4.78 is 10.6. The van der Waals surface area contributed by atoms with Gasteiger partial charge < -0.3 is 14.8 Å². The summed E-state index contributed by atoms with van der Waals surface area (Å²) in [7, 11) is 3.17. The van der Waals surface area contributed by atoms with E-state index in [4.69, 9.17) is 32.7 Å². The van der Waals surface area contributed by atoms with Crippen LogP contribution in [0, 0.1) is 0 Å². The third-order valence-electron chi connectivity index (χ3n) is 3.22. The maximum absolute atomic E-state index is 6.22. The zero-order chi connectivity index (χ0) is 15.4. The summed E-state index contributed by atoms with van der Waals surface area (Å²) in [4.78, 5) is 0. The Bertz CT molecular complexity index is 632. The highest BCUT2D eigenvalue weighted by atomic mass is 35.5. The number of hydrogen-bond donors (Lipinski definition) is 1. The van der Waals surface area contributed by atoms with Crippen LogP contribution in [-0.2, 0) is 0 Å². The Morgan fingerprint density at radius 2 is 1.62 bits per heavy atom. The van der Waals surface area contributed by atoms with Crippen molar-refractivity contribution in [2.45, 2.75) is 13.0 Å². The quantitative estimate of drug-likeness (QED) is 0.821. The fraction of sp³-hybridized carbons (Fsp3) is 0.250. The maximum atomic E-state index is 6.22. The predicted octanol–water partition coefficient (Wildman–Crippen LogP) is 5.18. The van der Waals surface area contributed by atoms with Gasteiger partial charge in [-0.05, 0) is 24.6 Å². The van der Waals surface area contributed by atoms with Crippen LogP contribution in [0.3, 0.4) is 0 Å². The summed E-state index contributed by atoms with van der Waals surface area (Å²) in [6.45, 7) is 2.03. The first-order valence-corrected chi connectivity index (χ1v) is 7.25.